The van der Waals surface area contributed by atoms with Crippen molar-refractivity contribution >= 4 is 5.91 Å². The molecule has 4 rings (SSSR count). The van der Waals surface area contributed by atoms with Crippen LogP contribution in [0.15, 0.2) is 55.0 Å². The number of piperidine rings is 1. The Kier molecular flexibility index (Phi) is 7.33. The minimum Gasteiger partial charge on any atom is -0.477 e. The predicted molar refractivity (Wildman–Crippen MR) is 129 cm³/mol. The van der Waals surface area contributed by atoms with Crippen LogP contribution in [0.3, 0.4) is 0 Å². The Morgan fingerprint density at radius 3 is 2.61 bits per heavy atom. The molecule has 0 aliphatic carbocycles. The highest BCUT2D eigenvalue weighted by Gasteiger charge is 2.35. The maximum Gasteiger partial charge on any atom is 0.254 e. The van der Waals surface area contributed by atoms with Crippen LogP contribution < -0.4 is 4.74 Å². The molecule has 0 radical (unpaired) electrons. The van der Waals surface area contributed by atoms with Gasteiger partial charge < -0.3 is 9.64 Å². The fourth-order valence-corrected chi connectivity index (χ4v) is 4.63. The summed E-state index contributed by atoms with van der Waals surface area (Å²) in [6.07, 6.45) is 9.21. The standard InChI is InChI=1S/C27H32N4O2/c1-4-7-24-21(18-33-25-12-10-20(3)17-30-25)8-5-15-31(24)27(32)23-16-19(2)9-11-22(23)26-28-13-6-14-29-26/h6,9-14,16-17,21,24H,4-5,7-8,15,18H2,1-3H3. The number of aryl methyl sites for hydroxylation is 2. The van der Waals surface area contributed by atoms with Gasteiger partial charge in [-0.2, -0.15) is 0 Å². The molecule has 6 nitrogen and oxygen atoms in total. The van der Waals surface area contributed by atoms with Gasteiger partial charge in [-0.3, -0.25) is 4.79 Å². The number of amides is 1. The average molecular weight is 445 g/mol. The van der Waals surface area contributed by atoms with Crippen LogP contribution in [0.5, 0.6) is 5.88 Å². The fourth-order valence-electron chi connectivity index (χ4n) is 4.63. The molecule has 0 saturated carbocycles. The Bertz CT molecular complexity index is 1070. The molecule has 3 heterocycles. The van der Waals surface area contributed by atoms with Gasteiger partial charge in [-0.05, 0) is 50.8 Å². The number of rotatable bonds is 7. The molecule has 2 unspecified atom stereocenters. The molecule has 2 aromatic heterocycles. The topological polar surface area (TPSA) is 68.2 Å². The Hall–Kier alpha value is -3.28. The van der Waals surface area contributed by atoms with E-state index in [1.165, 1.54) is 0 Å². The lowest BCUT2D eigenvalue weighted by atomic mass is 9.86. The van der Waals surface area contributed by atoms with Crippen LogP contribution in [0.2, 0.25) is 0 Å². The molecule has 2 atom stereocenters. The first-order chi connectivity index (χ1) is 16.1. The Morgan fingerprint density at radius 2 is 1.88 bits per heavy atom. The fraction of sp³-hybridized carbons (Fsp3) is 0.407. The van der Waals surface area contributed by atoms with Crippen molar-refractivity contribution in [1.82, 2.24) is 19.9 Å². The molecule has 6 heteroatoms. The number of carbonyl (C=O) groups is 1. The molecule has 3 aromatic rings. The van der Waals surface area contributed by atoms with E-state index in [-0.39, 0.29) is 17.9 Å². The van der Waals surface area contributed by atoms with Crippen molar-refractivity contribution in [3.63, 3.8) is 0 Å². The second-order valence-corrected chi connectivity index (χ2v) is 8.86. The van der Waals surface area contributed by atoms with Crippen molar-refractivity contribution in [2.75, 3.05) is 13.2 Å². The summed E-state index contributed by atoms with van der Waals surface area (Å²) in [6.45, 7) is 7.52. The number of likely N-dealkylation sites (tertiary alicyclic amines) is 1. The summed E-state index contributed by atoms with van der Waals surface area (Å²) in [4.78, 5) is 29.1. The summed E-state index contributed by atoms with van der Waals surface area (Å²) < 4.78 is 6.05. The van der Waals surface area contributed by atoms with E-state index in [2.05, 4.69) is 26.8 Å². The number of pyridine rings is 1. The normalized spacial score (nSPS) is 18.2. The van der Waals surface area contributed by atoms with Crippen LogP contribution >= 0.6 is 0 Å². The van der Waals surface area contributed by atoms with E-state index < -0.39 is 0 Å². The van der Waals surface area contributed by atoms with Crippen LogP contribution in [0, 0.1) is 19.8 Å². The van der Waals surface area contributed by atoms with Crippen molar-refractivity contribution in [2.24, 2.45) is 5.92 Å². The summed E-state index contributed by atoms with van der Waals surface area (Å²) in [5.74, 6) is 1.54. The molecule has 1 amide bonds. The van der Waals surface area contributed by atoms with E-state index in [0.29, 0.717) is 23.9 Å². The lowest BCUT2D eigenvalue weighted by Crippen LogP contribution is -2.50. The number of hydrogen-bond acceptors (Lipinski definition) is 5. The van der Waals surface area contributed by atoms with Gasteiger partial charge in [0.15, 0.2) is 5.82 Å². The maximum atomic E-state index is 13.9. The van der Waals surface area contributed by atoms with E-state index in [0.717, 1.165) is 48.9 Å². The third kappa shape index (κ3) is 5.38. The molecule has 33 heavy (non-hydrogen) atoms. The van der Waals surface area contributed by atoms with E-state index in [1.54, 1.807) is 18.5 Å². The molecule has 1 aliphatic heterocycles. The van der Waals surface area contributed by atoms with Crippen LogP contribution in [0.25, 0.3) is 11.4 Å². The van der Waals surface area contributed by atoms with Crippen molar-refractivity contribution in [3.05, 3.63) is 71.7 Å². The quantitative estimate of drug-likeness (QED) is 0.497. The second kappa shape index (κ2) is 10.6. The monoisotopic (exact) mass is 444 g/mol. The molecule has 1 aromatic carbocycles. The maximum absolute atomic E-state index is 13.9. The molecule has 0 bridgehead atoms. The zero-order valence-corrected chi connectivity index (χ0v) is 19.7. The van der Waals surface area contributed by atoms with Crippen LogP contribution in [-0.4, -0.2) is 45.0 Å². The number of carbonyl (C=O) groups excluding carboxylic acids is 1. The summed E-state index contributed by atoms with van der Waals surface area (Å²) in [5, 5.41) is 0. The van der Waals surface area contributed by atoms with Crippen LogP contribution in [0.4, 0.5) is 0 Å². The summed E-state index contributed by atoms with van der Waals surface area (Å²) in [5.41, 5.74) is 3.61. The number of aromatic nitrogens is 3. The van der Waals surface area contributed by atoms with Gasteiger partial charge in [0.25, 0.3) is 5.91 Å². The Morgan fingerprint density at radius 1 is 1.09 bits per heavy atom. The van der Waals surface area contributed by atoms with Crippen molar-refractivity contribution < 1.29 is 9.53 Å². The highest BCUT2D eigenvalue weighted by molar-refractivity contribution is 6.00. The van der Waals surface area contributed by atoms with Gasteiger partial charge in [-0.15, -0.1) is 0 Å². The molecular weight excluding hydrogens is 412 g/mol. The third-order valence-electron chi connectivity index (χ3n) is 6.31. The Balaban J connectivity index is 1.58. The zero-order chi connectivity index (χ0) is 23.2. The van der Waals surface area contributed by atoms with Gasteiger partial charge in [-0.1, -0.05) is 37.1 Å². The second-order valence-electron chi connectivity index (χ2n) is 8.86. The number of benzene rings is 1. The van der Waals surface area contributed by atoms with Crippen molar-refractivity contribution in [2.45, 2.75) is 52.5 Å². The molecular formula is C27H32N4O2. The first kappa shape index (κ1) is 22.9. The molecule has 1 saturated heterocycles. The van der Waals surface area contributed by atoms with Gasteiger partial charge in [0.2, 0.25) is 5.88 Å². The van der Waals surface area contributed by atoms with Crippen LogP contribution in [-0.2, 0) is 0 Å². The summed E-state index contributed by atoms with van der Waals surface area (Å²) in [7, 11) is 0. The molecule has 0 spiro atoms. The SMILES string of the molecule is CCCC1C(COc2ccc(C)cn2)CCCN1C(=O)c1cc(C)ccc1-c1ncccn1. The zero-order valence-electron chi connectivity index (χ0n) is 19.7. The van der Waals surface area contributed by atoms with E-state index >= 15 is 0 Å². The number of nitrogens with zero attached hydrogens (tertiary/aromatic N) is 4. The summed E-state index contributed by atoms with van der Waals surface area (Å²) in [6, 6.07) is 11.8. The molecule has 172 valence electrons. The van der Waals surface area contributed by atoms with Crippen molar-refractivity contribution in [1.29, 1.82) is 0 Å². The highest BCUT2D eigenvalue weighted by Crippen LogP contribution is 2.31. The summed E-state index contributed by atoms with van der Waals surface area (Å²) >= 11 is 0. The molecule has 1 fully saturated rings. The lowest BCUT2D eigenvalue weighted by molar-refractivity contribution is 0.0378. The first-order valence-corrected chi connectivity index (χ1v) is 11.8. The van der Waals surface area contributed by atoms with E-state index in [4.69, 9.17) is 4.74 Å². The van der Waals surface area contributed by atoms with Gasteiger partial charge in [0.05, 0.1) is 12.2 Å². The Labute approximate surface area is 196 Å². The van der Waals surface area contributed by atoms with Crippen molar-refractivity contribution in [3.8, 4) is 17.3 Å². The van der Waals surface area contributed by atoms with Gasteiger partial charge in [-0.25, -0.2) is 15.0 Å². The predicted octanol–water partition coefficient (Wildman–Crippen LogP) is 5.26. The van der Waals surface area contributed by atoms with Gasteiger partial charge in [0.1, 0.15) is 0 Å². The molecule has 0 N–H and O–H groups in total. The number of hydrogen-bond donors (Lipinski definition) is 0. The van der Waals surface area contributed by atoms with Gasteiger partial charge in [0, 0.05) is 48.7 Å². The average Bonchev–Trinajstić information content (AvgIpc) is 2.84. The minimum absolute atomic E-state index is 0.0535. The van der Waals surface area contributed by atoms with E-state index in [1.807, 2.05) is 50.4 Å². The molecule has 1 aliphatic rings. The smallest absolute Gasteiger partial charge is 0.254 e. The van der Waals surface area contributed by atoms with E-state index in [9.17, 15) is 4.79 Å². The highest BCUT2D eigenvalue weighted by atomic mass is 16.5. The minimum atomic E-state index is 0.0535. The third-order valence-corrected chi connectivity index (χ3v) is 6.31. The van der Waals surface area contributed by atoms with Crippen LogP contribution in [0.1, 0.15) is 54.1 Å². The largest absolute Gasteiger partial charge is 0.477 e. The first-order valence-electron chi connectivity index (χ1n) is 11.8. The lowest BCUT2D eigenvalue weighted by Gasteiger charge is -2.41. The van der Waals surface area contributed by atoms with Gasteiger partial charge >= 0.3 is 0 Å². The number of ether oxygens (including phenoxy) is 1.